The van der Waals surface area contributed by atoms with Gasteiger partial charge in [0.2, 0.25) is 5.91 Å². The average Bonchev–Trinajstić information content (AvgIpc) is 3.20. The van der Waals surface area contributed by atoms with E-state index in [1.165, 1.54) is 0 Å². The first-order valence-corrected chi connectivity index (χ1v) is 6.33. The zero-order valence-electron chi connectivity index (χ0n) is 11.5. The van der Waals surface area contributed by atoms with Gasteiger partial charge in [-0.1, -0.05) is 11.8 Å². The fourth-order valence-electron chi connectivity index (χ4n) is 1.90. The fourth-order valence-corrected chi connectivity index (χ4v) is 1.90. The number of nitrogens with zero attached hydrogens (tertiary/aromatic N) is 2. The normalized spacial score (nSPS) is 16.5. The zero-order valence-corrected chi connectivity index (χ0v) is 11.5. The van der Waals surface area contributed by atoms with Crippen molar-refractivity contribution in [1.82, 2.24) is 10.2 Å². The molecule has 0 saturated heterocycles. The largest absolute Gasteiger partial charge is 0.337 e. The first-order chi connectivity index (χ1) is 9.05. The number of carbonyl (C=O) groups is 1. The molecular formula is C15H19N3O. The molecule has 1 aliphatic carbocycles. The summed E-state index contributed by atoms with van der Waals surface area (Å²) in [6.07, 6.45) is 7.26. The van der Waals surface area contributed by atoms with E-state index < -0.39 is 5.54 Å². The van der Waals surface area contributed by atoms with Gasteiger partial charge in [-0.25, -0.2) is 0 Å². The van der Waals surface area contributed by atoms with Gasteiger partial charge in [0, 0.05) is 0 Å². The summed E-state index contributed by atoms with van der Waals surface area (Å²) in [5.41, 5.74) is -0.755. The van der Waals surface area contributed by atoms with Gasteiger partial charge in [0.15, 0.2) is 0 Å². The summed E-state index contributed by atoms with van der Waals surface area (Å²) >= 11 is 0. The van der Waals surface area contributed by atoms with E-state index in [2.05, 4.69) is 29.1 Å². The highest BCUT2D eigenvalue weighted by atomic mass is 16.2. The van der Waals surface area contributed by atoms with Crippen LogP contribution in [0, 0.1) is 41.4 Å². The minimum atomic E-state index is -0.755. The maximum atomic E-state index is 12.0. The van der Waals surface area contributed by atoms with Crippen molar-refractivity contribution in [2.75, 3.05) is 19.6 Å². The van der Waals surface area contributed by atoms with E-state index in [9.17, 15) is 10.1 Å². The number of terminal acetylenes is 1. The molecule has 19 heavy (non-hydrogen) atoms. The summed E-state index contributed by atoms with van der Waals surface area (Å²) in [5, 5.41) is 12.0. The monoisotopic (exact) mass is 257 g/mol. The molecule has 100 valence electrons. The Morgan fingerprint density at radius 3 is 2.68 bits per heavy atom. The van der Waals surface area contributed by atoms with E-state index in [4.69, 9.17) is 6.42 Å². The van der Waals surface area contributed by atoms with Crippen molar-refractivity contribution in [3.8, 4) is 30.3 Å². The van der Waals surface area contributed by atoms with Gasteiger partial charge in [0.1, 0.15) is 5.54 Å². The molecule has 0 radical (unpaired) electrons. The van der Waals surface area contributed by atoms with Gasteiger partial charge in [-0.15, -0.1) is 12.3 Å². The van der Waals surface area contributed by atoms with Gasteiger partial charge in [-0.3, -0.25) is 9.69 Å². The van der Waals surface area contributed by atoms with E-state index in [0.717, 1.165) is 12.8 Å². The number of hydrogen-bond acceptors (Lipinski definition) is 3. The van der Waals surface area contributed by atoms with Crippen LogP contribution in [0.3, 0.4) is 0 Å². The molecule has 0 unspecified atom stereocenters. The van der Waals surface area contributed by atoms with Crippen molar-refractivity contribution in [2.45, 2.75) is 32.2 Å². The van der Waals surface area contributed by atoms with Crippen LogP contribution in [-0.2, 0) is 4.79 Å². The lowest BCUT2D eigenvalue weighted by atomic mass is 9.98. The molecule has 1 N–H and O–H groups in total. The minimum Gasteiger partial charge on any atom is -0.337 e. The highest BCUT2D eigenvalue weighted by molar-refractivity contribution is 5.79. The quantitative estimate of drug-likeness (QED) is 0.715. The predicted octanol–water partition coefficient (Wildman–Crippen LogP) is 0.753. The Hall–Kier alpha value is -1.96. The summed E-state index contributed by atoms with van der Waals surface area (Å²) in [5.74, 6) is 8.27. The Morgan fingerprint density at radius 2 is 2.21 bits per heavy atom. The molecule has 0 aromatic rings. The van der Waals surface area contributed by atoms with Crippen LogP contribution in [0.15, 0.2) is 0 Å². The maximum Gasteiger partial charge on any atom is 0.235 e. The van der Waals surface area contributed by atoms with Gasteiger partial charge in [0.05, 0.1) is 25.7 Å². The first-order valence-electron chi connectivity index (χ1n) is 6.33. The van der Waals surface area contributed by atoms with Crippen LogP contribution in [0.1, 0.15) is 26.7 Å². The van der Waals surface area contributed by atoms with Crippen LogP contribution < -0.4 is 5.32 Å². The number of amides is 1. The molecule has 0 spiro atoms. The van der Waals surface area contributed by atoms with Gasteiger partial charge in [-0.2, -0.15) is 5.26 Å². The topological polar surface area (TPSA) is 56.1 Å². The second-order valence-electron chi connectivity index (χ2n) is 4.91. The summed E-state index contributed by atoms with van der Waals surface area (Å²) < 4.78 is 0. The Balaban J connectivity index is 2.54. The third-order valence-electron chi connectivity index (χ3n) is 3.19. The molecule has 1 rings (SSSR count). The van der Waals surface area contributed by atoms with Crippen molar-refractivity contribution in [3.05, 3.63) is 0 Å². The number of nitrogens with one attached hydrogen (secondary N) is 1. The van der Waals surface area contributed by atoms with Crippen LogP contribution in [-0.4, -0.2) is 36.0 Å². The van der Waals surface area contributed by atoms with Gasteiger partial charge in [0.25, 0.3) is 0 Å². The minimum absolute atomic E-state index is 0.170. The molecule has 0 bridgehead atoms. The van der Waals surface area contributed by atoms with Crippen molar-refractivity contribution in [3.63, 3.8) is 0 Å². The second-order valence-corrected chi connectivity index (χ2v) is 4.91. The highest BCUT2D eigenvalue weighted by Crippen LogP contribution is 2.39. The lowest BCUT2D eigenvalue weighted by molar-refractivity contribution is -0.123. The van der Waals surface area contributed by atoms with Crippen LogP contribution in [0.4, 0.5) is 0 Å². The lowest BCUT2D eigenvalue weighted by Gasteiger charge is -2.25. The van der Waals surface area contributed by atoms with E-state index in [1.54, 1.807) is 18.7 Å². The standard InChI is InChI=1S/C15H19N3O/c1-4-6-10-18(9-5-2)11-14(19)17-15(3,12-16)13-7-8-13/h2,13H,7-11H2,1,3H3,(H,17,19)/t15-/m0/s1. The molecule has 1 fully saturated rings. The van der Waals surface area contributed by atoms with Crippen molar-refractivity contribution >= 4 is 5.91 Å². The maximum absolute atomic E-state index is 12.0. The number of hydrogen-bond donors (Lipinski definition) is 1. The Morgan fingerprint density at radius 1 is 1.53 bits per heavy atom. The molecule has 0 heterocycles. The SMILES string of the molecule is C#CCN(CC#CC)CC(=O)N[C@@](C)(C#N)C1CC1. The highest BCUT2D eigenvalue weighted by Gasteiger charge is 2.43. The van der Waals surface area contributed by atoms with Crippen molar-refractivity contribution in [2.24, 2.45) is 5.92 Å². The predicted molar refractivity (Wildman–Crippen MR) is 73.6 cm³/mol. The first kappa shape index (κ1) is 15.1. The Labute approximate surface area is 115 Å². The third-order valence-corrected chi connectivity index (χ3v) is 3.19. The molecule has 4 heteroatoms. The number of rotatable bonds is 6. The summed E-state index contributed by atoms with van der Waals surface area (Å²) in [6.45, 7) is 4.52. The van der Waals surface area contributed by atoms with E-state index >= 15 is 0 Å². The average molecular weight is 257 g/mol. The molecule has 1 atom stereocenters. The van der Waals surface area contributed by atoms with Crippen LogP contribution in [0.2, 0.25) is 0 Å². The molecule has 0 aromatic heterocycles. The van der Waals surface area contributed by atoms with Crippen molar-refractivity contribution < 1.29 is 4.79 Å². The van der Waals surface area contributed by atoms with E-state index in [0.29, 0.717) is 13.1 Å². The lowest BCUT2D eigenvalue weighted by Crippen LogP contribution is -2.50. The molecule has 0 aliphatic heterocycles. The smallest absolute Gasteiger partial charge is 0.235 e. The summed E-state index contributed by atoms with van der Waals surface area (Å²) in [4.78, 5) is 13.8. The van der Waals surface area contributed by atoms with Crippen molar-refractivity contribution in [1.29, 1.82) is 5.26 Å². The van der Waals surface area contributed by atoms with E-state index in [-0.39, 0.29) is 18.4 Å². The zero-order chi connectivity index (χ0) is 14.3. The molecule has 4 nitrogen and oxygen atoms in total. The summed E-state index contributed by atoms with van der Waals surface area (Å²) in [7, 11) is 0. The van der Waals surface area contributed by atoms with Gasteiger partial charge >= 0.3 is 0 Å². The molecule has 1 aliphatic rings. The van der Waals surface area contributed by atoms with Gasteiger partial charge in [-0.05, 0) is 32.6 Å². The molecule has 1 amide bonds. The number of nitriles is 1. The van der Waals surface area contributed by atoms with Crippen LogP contribution >= 0.6 is 0 Å². The second kappa shape index (κ2) is 6.83. The Kier molecular flexibility index (Phi) is 5.43. The summed E-state index contributed by atoms with van der Waals surface area (Å²) in [6, 6.07) is 2.20. The van der Waals surface area contributed by atoms with Crippen LogP contribution in [0.5, 0.6) is 0 Å². The molecular weight excluding hydrogens is 238 g/mol. The fraction of sp³-hybridized carbons (Fsp3) is 0.600. The third kappa shape index (κ3) is 4.66. The Bertz CT molecular complexity index is 470. The molecule has 0 aromatic carbocycles. The van der Waals surface area contributed by atoms with Crippen LogP contribution in [0.25, 0.3) is 0 Å². The molecule has 1 saturated carbocycles. The van der Waals surface area contributed by atoms with Gasteiger partial charge < -0.3 is 5.32 Å². The van der Waals surface area contributed by atoms with E-state index in [1.807, 2.05) is 0 Å². The number of carbonyl (C=O) groups excluding carboxylic acids is 1.